The molecule has 0 saturated heterocycles. The SMILES string of the molecule is CCCCOCCCNc1ncnc(NCCC)c1Br. The lowest BCUT2D eigenvalue weighted by Gasteiger charge is -2.11. The minimum absolute atomic E-state index is 0.788. The summed E-state index contributed by atoms with van der Waals surface area (Å²) in [5.74, 6) is 1.66. The predicted molar refractivity (Wildman–Crippen MR) is 87.3 cm³/mol. The van der Waals surface area contributed by atoms with Crippen molar-refractivity contribution in [1.29, 1.82) is 0 Å². The van der Waals surface area contributed by atoms with Gasteiger partial charge in [-0.1, -0.05) is 20.3 Å². The third-order valence-corrected chi connectivity index (χ3v) is 3.48. The van der Waals surface area contributed by atoms with Crippen LogP contribution < -0.4 is 10.6 Å². The summed E-state index contributed by atoms with van der Waals surface area (Å²) in [7, 11) is 0. The fourth-order valence-corrected chi connectivity index (χ4v) is 2.07. The lowest BCUT2D eigenvalue weighted by Crippen LogP contribution is -2.10. The van der Waals surface area contributed by atoms with E-state index in [9.17, 15) is 0 Å². The van der Waals surface area contributed by atoms with Crippen molar-refractivity contribution in [2.45, 2.75) is 39.5 Å². The number of nitrogens with zero attached hydrogens (tertiary/aromatic N) is 2. The first-order valence-electron chi connectivity index (χ1n) is 7.35. The van der Waals surface area contributed by atoms with E-state index in [0.29, 0.717) is 0 Å². The smallest absolute Gasteiger partial charge is 0.145 e. The number of anilines is 2. The second-order valence-corrected chi connectivity index (χ2v) is 5.35. The maximum absolute atomic E-state index is 5.52. The molecule has 1 aromatic rings. The normalized spacial score (nSPS) is 10.6. The minimum atomic E-state index is 0.788. The molecule has 0 aromatic carbocycles. The number of unbranched alkanes of at least 4 members (excludes halogenated alkanes) is 1. The fourth-order valence-electron chi connectivity index (χ4n) is 1.59. The Hall–Kier alpha value is -0.880. The summed E-state index contributed by atoms with van der Waals surface area (Å²) in [6, 6.07) is 0. The van der Waals surface area contributed by atoms with E-state index in [1.165, 1.54) is 6.42 Å². The molecule has 0 spiro atoms. The second-order valence-electron chi connectivity index (χ2n) is 4.56. The van der Waals surface area contributed by atoms with Crippen molar-refractivity contribution < 1.29 is 4.74 Å². The Labute approximate surface area is 130 Å². The van der Waals surface area contributed by atoms with Crippen LogP contribution in [0, 0.1) is 0 Å². The van der Waals surface area contributed by atoms with Crippen molar-refractivity contribution in [3.63, 3.8) is 0 Å². The average Bonchev–Trinajstić information content (AvgIpc) is 2.46. The van der Waals surface area contributed by atoms with Gasteiger partial charge in [0.1, 0.15) is 22.4 Å². The van der Waals surface area contributed by atoms with Gasteiger partial charge in [0.05, 0.1) is 0 Å². The lowest BCUT2D eigenvalue weighted by molar-refractivity contribution is 0.131. The van der Waals surface area contributed by atoms with Gasteiger partial charge >= 0.3 is 0 Å². The van der Waals surface area contributed by atoms with Crippen LogP contribution in [0.15, 0.2) is 10.8 Å². The zero-order valence-electron chi connectivity index (χ0n) is 12.4. The highest BCUT2D eigenvalue weighted by molar-refractivity contribution is 9.10. The van der Waals surface area contributed by atoms with Gasteiger partial charge in [-0.25, -0.2) is 9.97 Å². The van der Waals surface area contributed by atoms with Crippen molar-refractivity contribution in [3.05, 3.63) is 10.8 Å². The first kappa shape index (κ1) is 17.2. The first-order valence-corrected chi connectivity index (χ1v) is 8.14. The summed E-state index contributed by atoms with van der Waals surface area (Å²) in [6.07, 6.45) is 5.92. The summed E-state index contributed by atoms with van der Waals surface area (Å²) >= 11 is 3.53. The molecular weight excluding hydrogens is 320 g/mol. The van der Waals surface area contributed by atoms with Crippen LogP contribution in [0.4, 0.5) is 11.6 Å². The minimum Gasteiger partial charge on any atom is -0.381 e. The number of hydrogen-bond acceptors (Lipinski definition) is 5. The summed E-state index contributed by atoms with van der Waals surface area (Å²) in [4.78, 5) is 8.47. The van der Waals surface area contributed by atoms with E-state index >= 15 is 0 Å². The molecule has 0 atom stereocenters. The van der Waals surface area contributed by atoms with E-state index in [-0.39, 0.29) is 0 Å². The molecule has 1 rings (SSSR count). The van der Waals surface area contributed by atoms with Crippen LogP contribution in [0.3, 0.4) is 0 Å². The molecular formula is C14H25BrN4O. The number of halogens is 1. The summed E-state index contributed by atoms with van der Waals surface area (Å²) in [5, 5.41) is 6.57. The van der Waals surface area contributed by atoms with Gasteiger partial charge in [0, 0.05) is 26.3 Å². The van der Waals surface area contributed by atoms with E-state index in [2.05, 4.69) is 50.4 Å². The van der Waals surface area contributed by atoms with E-state index in [1.54, 1.807) is 6.33 Å². The predicted octanol–water partition coefficient (Wildman–Crippen LogP) is 3.68. The largest absolute Gasteiger partial charge is 0.381 e. The van der Waals surface area contributed by atoms with Crippen molar-refractivity contribution in [2.24, 2.45) is 0 Å². The van der Waals surface area contributed by atoms with Crippen LogP contribution in [-0.2, 0) is 4.74 Å². The molecule has 1 aromatic heterocycles. The molecule has 0 radical (unpaired) electrons. The van der Waals surface area contributed by atoms with Gasteiger partial charge < -0.3 is 15.4 Å². The highest BCUT2D eigenvalue weighted by Gasteiger charge is 2.07. The molecule has 6 heteroatoms. The Bertz CT molecular complexity index is 376. The molecule has 2 N–H and O–H groups in total. The molecule has 0 bridgehead atoms. The van der Waals surface area contributed by atoms with Crippen LogP contribution >= 0.6 is 15.9 Å². The number of nitrogens with one attached hydrogen (secondary N) is 2. The molecule has 0 fully saturated rings. The van der Waals surface area contributed by atoms with Gasteiger partial charge in [0.25, 0.3) is 0 Å². The zero-order chi connectivity index (χ0) is 14.6. The maximum atomic E-state index is 5.52. The molecule has 20 heavy (non-hydrogen) atoms. The van der Waals surface area contributed by atoms with Gasteiger partial charge in [-0.15, -0.1) is 0 Å². The molecule has 0 unspecified atom stereocenters. The molecule has 0 aliphatic rings. The lowest BCUT2D eigenvalue weighted by atomic mass is 10.3. The molecule has 0 aliphatic carbocycles. The highest BCUT2D eigenvalue weighted by atomic mass is 79.9. The molecule has 114 valence electrons. The maximum Gasteiger partial charge on any atom is 0.145 e. The summed E-state index contributed by atoms with van der Waals surface area (Å²) in [5.41, 5.74) is 0. The third kappa shape index (κ3) is 6.52. The standard InChI is InChI=1S/C14H25BrN4O/c1-3-5-9-20-10-6-8-17-14-12(15)13(16-7-4-2)18-11-19-14/h11H,3-10H2,1-2H3,(H2,16,17,18,19). The molecule has 0 aliphatic heterocycles. The summed E-state index contributed by atoms with van der Waals surface area (Å²) < 4.78 is 6.41. The number of rotatable bonds is 11. The Morgan fingerprint density at radius 1 is 1.00 bits per heavy atom. The van der Waals surface area contributed by atoms with Crippen molar-refractivity contribution in [2.75, 3.05) is 36.9 Å². The van der Waals surface area contributed by atoms with E-state index in [0.717, 1.165) is 61.7 Å². The zero-order valence-corrected chi connectivity index (χ0v) is 14.0. The van der Waals surface area contributed by atoms with Gasteiger partial charge in [-0.05, 0) is 35.2 Å². The van der Waals surface area contributed by atoms with Gasteiger partial charge in [0.15, 0.2) is 0 Å². The van der Waals surface area contributed by atoms with E-state index in [1.807, 2.05) is 0 Å². The van der Waals surface area contributed by atoms with Gasteiger partial charge in [-0.2, -0.15) is 0 Å². The van der Waals surface area contributed by atoms with Crippen LogP contribution in [0.5, 0.6) is 0 Å². The highest BCUT2D eigenvalue weighted by Crippen LogP contribution is 2.26. The first-order chi connectivity index (χ1) is 9.79. The quantitative estimate of drug-likeness (QED) is 0.599. The third-order valence-electron chi connectivity index (χ3n) is 2.73. The van der Waals surface area contributed by atoms with E-state index in [4.69, 9.17) is 4.74 Å². The number of hydrogen-bond donors (Lipinski definition) is 2. The molecule has 0 amide bonds. The van der Waals surface area contributed by atoms with Crippen LogP contribution in [0.25, 0.3) is 0 Å². The van der Waals surface area contributed by atoms with E-state index < -0.39 is 0 Å². The van der Waals surface area contributed by atoms with Crippen LogP contribution in [0.2, 0.25) is 0 Å². The summed E-state index contributed by atoms with van der Waals surface area (Å²) in [6.45, 7) is 7.69. The van der Waals surface area contributed by atoms with Crippen molar-refractivity contribution >= 4 is 27.6 Å². The van der Waals surface area contributed by atoms with Gasteiger partial charge in [-0.3, -0.25) is 0 Å². The average molecular weight is 345 g/mol. The fraction of sp³-hybridized carbons (Fsp3) is 0.714. The van der Waals surface area contributed by atoms with Crippen molar-refractivity contribution in [1.82, 2.24) is 9.97 Å². The Morgan fingerprint density at radius 3 is 2.30 bits per heavy atom. The topological polar surface area (TPSA) is 59.1 Å². The second kappa shape index (κ2) is 10.9. The number of aromatic nitrogens is 2. The molecule has 1 heterocycles. The Morgan fingerprint density at radius 2 is 1.65 bits per heavy atom. The van der Waals surface area contributed by atoms with Crippen LogP contribution in [-0.4, -0.2) is 36.3 Å². The monoisotopic (exact) mass is 344 g/mol. The molecule has 5 nitrogen and oxygen atoms in total. The number of ether oxygens (including phenoxy) is 1. The molecule has 0 saturated carbocycles. The van der Waals surface area contributed by atoms with Crippen LogP contribution in [0.1, 0.15) is 39.5 Å². The van der Waals surface area contributed by atoms with Gasteiger partial charge in [0.2, 0.25) is 0 Å². The van der Waals surface area contributed by atoms with Crippen molar-refractivity contribution in [3.8, 4) is 0 Å². The Balaban J connectivity index is 2.29. The Kier molecular flexibility index (Phi) is 9.32.